The second-order valence-electron chi connectivity index (χ2n) is 6.70. The molecule has 27 heavy (non-hydrogen) atoms. The Morgan fingerprint density at radius 3 is 2.44 bits per heavy atom. The van der Waals surface area contributed by atoms with Crippen molar-refractivity contribution in [2.45, 2.75) is 0 Å². The van der Waals surface area contributed by atoms with Crippen LogP contribution in [0.4, 0.5) is 0 Å². The molecule has 1 amide bonds. The van der Waals surface area contributed by atoms with Gasteiger partial charge in [0.25, 0.3) is 5.91 Å². The summed E-state index contributed by atoms with van der Waals surface area (Å²) in [4.78, 5) is 19.1. The number of rotatable bonds is 3. The quantitative estimate of drug-likeness (QED) is 0.531. The van der Waals surface area contributed by atoms with E-state index in [2.05, 4.69) is 12.1 Å². The van der Waals surface area contributed by atoms with Gasteiger partial charge in [0.15, 0.2) is 0 Å². The largest absolute Gasteiger partial charge is 0.497 e. The molecule has 0 unspecified atom stereocenters. The van der Waals surface area contributed by atoms with Crippen LogP contribution < -0.4 is 4.74 Å². The van der Waals surface area contributed by atoms with Crippen LogP contribution in [0.3, 0.4) is 0 Å². The highest BCUT2D eigenvalue weighted by atomic mass is 16.5. The molecule has 0 bridgehead atoms. The van der Waals surface area contributed by atoms with E-state index in [0.29, 0.717) is 5.56 Å². The molecule has 0 radical (unpaired) electrons. The predicted octanol–water partition coefficient (Wildman–Crippen LogP) is 4.77. The molecular weight excluding hydrogens is 336 g/mol. The highest BCUT2D eigenvalue weighted by Gasteiger charge is 2.15. The number of ether oxygens (including phenoxy) is 1. The summed E-state index contributed by atoms with van der Waals surface area (Å²) >= 11 is 0. The van der Waals surface area contributed by atoms with Crippen molar-refractivity contribution in [2.75, 3.05) is 21.2 Å². The van der Waals surface area contributed by atoms with Crippen LogP contribution in [0.1, 0.15) is 10.4 Å². The Morgan fingerprint density at radius 1 is 0.926 bits per heavy atom. The molecule has 0 saturated heterocycles. The number of hydrogen-bond donors (Lipinski definition) is 0. The second kappa shape index (κ2) is 6.72. The summed E-state index contributed by atoms with van der Waals surface area (Å²) in [6.07, 6.45) is 0. The minimum absolute atomic E-state index is 0.0274. The standard InChI is InChI=1S/C23H20N2O2/c1-25(2)23(26)20-14-22(24-21-7-5-4-6-19(20)21)17-9-8-16-13-18(27-3)11-10-15(16)12-17/h4-14H,1-3H3. The van der Waals surface area contributed by atoms with Crippen LogP contribution >= 0.6 is 0 Å². The summed E-state index contributed by atoms with van der Waals surface area (Å²) in [5.74, 6) is 0.804. The molecule has 0 aliphatic carbocycles. The van der Waals surface area contributed by atoms with Gasteiger partial charge in [-0.25, -0.2) is 4.98 Å². The lowest BCUT2D eigenvalue weighted by atomic mass is 10.0. The molecule has 0 aliphatic heterocycles. The minimum atomic E-state index is -0.0274. The number of benzene rings is 3. The minimum Gasteiger partial charge on any atom is -0.497 e. The molecule has 4 nitrogen and oxygen atoms in total. The number of nitrogens with zero attached hydrogens (tertiary/aromatic N) is 2. The molecule has 4 rings (SSSR count). The van der Waals surface area contributed by atoms with Gasteiger partial charge >= 0.3 is 0 Å². The Kier molecular flexibility index (Phi) is 4.24. The Morgan fingerprint density at radius 2 is 1.67 bits per heavy atom. The first-order valence-electron chi connectivity index (χ1n) is 8.76. The van der Waals surface area contributed by atoms with Crippen molar-refractivity contribution in [1.82, 2.24) is 9.88 Å². The van der Waals surface area contributed by atoms with Gasteiger partial charge in [-0.15, -0.1) is 0 Å². The molecule has 0 fully saturated rings. The maximum Gasteiger partial charge on any atom is 0.254 e. The fourth-order valence-electron chi connectivity index (χ4n) is 3.25. The van der Waals surface area contributed by atoms with Gasteiger partial charge in [-0.1, -0.05) is 36.4 Å². The highest BCUT2D eigenvalue weighted by molar-refractivity contribution is 6.07. The number of hydrogen-bond acceptors (Lipinski definition) is 3. The van der Waals surface area contributed by atoms with Crippen LogP contribution in [-0.2, 0) is 0 Å². The Labute approximate surface area is 158 Å². The fraction of sp³-hybridized carbons (Fsp3) is 0.130. The van der Waals surface area contributed by atoms with Gasteiger partial charge in [-0.2, -0.15) is 0 Å². The molecule has 0 spiro atoms. The van der Waals surface area contributed by atoms with Gasteiger partial charge < -0.3 is 9.64 Å². The molecule has 134 valence electrons. The third kappa shape index (κ3) is 3.10. The molecule has 0 aliphatic rings. The number of aromatic nitrogens is 1. The summed E-state index contributed by atoms with van der Waals surface area (Å²) in [5, 5.41) is 3.07. The number of para-hydroxylation sites is 1. The first kappa shape index (κ1) is 17.0. The lowest BCUT2D eigenvalue weighted by molar-refractivity contribution is 0.0829. The van der Waals surface area contributed by atoms with Gasteiger partial charge in [0, 0.05) is 25.0 Å². The molecule has 0 N–H and O–H groups in total. The first-order valence-corrected chi connectivity index (χ1v) is 8.76. The molecule has 0 saturated carbocycles. The van der Waals surface area contributed by atoms with Crippen molar-refractivity contribution >= 4 is 27.6 Å². The number of pyridine rings is 1. The molecular formula is C23H20N2O2. The SMILES string of the molecule is COc1ccc2cc(-c3cc(C(=O)N(C)C)c4ccccc4n3)ccc2c1. The van der Waals surface area contributed by atoms with E-state index < -0.39 is 0 Å². The van der Waals surface area contributed by atoms with E-state index >= 15 is 0 Å². The Balaban J connectivity index is 1.90. The average Bonchev–Trinajstić information content (AvgIpc) is 2.71. The fourth-order valence-corrected chi connectivity index (χ4v) is 3.25. The summed E-state index contributed by atoms with van der Waals surface area (Å²) in [7, 11) is 5.19. The van der Waals surface area contributed by atoms with Crippen molar-refractivity contribution in [3.05, 3.63) is 72.3 Å². The van der Waals surface area contributed by atoms with E-state index in [9.17, 15) is 4.79 Å². The molecule has 1 aromatic heterocycles. The Hall–Kier alpha value is -3.40. The van der Waals surface area contributed by atoms with Crippen LogP contribution in [0.15, 0.2) is 66.7 Å². The number of carbonyl (C=O) groups excluding carboxylic acids is 1. The van der Waals surface area contributed by atoms with Crippen LogP contribution in [0, 0.1) is 0 Å². The zero-order valence-corrected chi connectivity index (χ0v) is 15.6. The maximum atomic E-state index is 12.7. The van der Waals surface area contributed by atoms with E-state index in [-0.39, 0.29) is 5.91 Å². The third-order valence-corrected chi connectivity index (χ3v) is 4.70. The zero-order valence-electron chi connectivity index (χ0n) is 15.6. The normalized spacial score (nSPS) is 10.9. The highest BCUT2D eigenvalue weighted by Crippen LogP contribution is 2.29. The van der Waals surface area contributed by atoms with Gasteiger partial charge in [-0.3, -0.25) is 4.79 Å². The van der Waals surface area contributed by atoms with Gasteiger partial charge in [0.1, 0.15) is 5.75 Å². The predicted molar refractivity (Wildman–Crippen MR) is 109 cm³/mol. The van der Waals surface area contributed by atoms with Crippen molar-refractivity contribution in [3.8, 4) is 17.0 Å². The zero-order chi connectivity index (χ0) is 19.0. The van der Waals surface area contributed by atoms with Crippen molar-refractivity contribution < 1.29 is 9.53 Å². The van der Waals surface area contributed by atoms with Crippen molar-refractivity contribution in [1.29, 1.82) is 0 Å². The number of fused-ring (bicyclic) bond motifs is 2. The lowest BCUT2D eigenvalue weighted by Gasteiger charge is -2.14. The maximum absolute atomic E-state index is 12.7. The lowest BCUT2D eigenvalue weighted by Crippen LogP contribution is -2.22. The van der Waals surface area contributed by atoms with Crippen molar-refractivity contribution in [3.63, 3.8) is 0 Å². The first-order chi connectivity index (χ1) is 13.1. The van der Waals surface area contributed by atoms with Crippen LogP contribution in [-0.4, -0.2) is 37.0 Å². The summed E-state index contributed by atoms with van der Waals surface area (Å²) in [6.45, 7) is 0. The summed E-state index contributed by atoms with van der Waals surface area (Å²) in [5.41, 5.74) is 3.24. The van der Waals surface area contributed by atoms with Gasteiger partial charge in [0.05, 0.1) is 23.9 Å². The number of amides is 1. The molecule has 0 atom stereocenters. The molecule has 1 heterocycles. The number of methoxy groups -OCH3 is 1. The molecule has 3 aromatic carbocycles. The third-order valence-electron chi connectivity index (χ3n) is 4.70. The van der Waals surface area contributed by atoms with Gasteiger partial charge in [-0.05, 0) is 41.1 Å². The van der Waals surface area contributed by atoms with E-state index in [4.69, 9.17) is 9.72 Å². The number of carbonyl (C=O) groups is 1. The van der Waals surface area contributed by atoms with Crippen molar-refractivity contribution in [2.24, 2.45) is 0 Å². The van der Waals surface area contributed by atoms with Crippen LogP contribution in [0.25, 0.3) is 32.9 Å². The Bertz CT molecular complexity index is 1170. The van der Waals surface area contributed by atoms with E-state index in [1.165, 1.54) is 0 Å². The topological polar surface area (TPSA) is 42.4 Å². The van der Waals surface area contributed by atoms with E-state index in [1.807, 2.05) is 54.6 Å². The van der Waals surface area contributed by atoms with E-state index in [1.54, 1.807) is 26.1 Å². The second-order valence-corrected chi connectivity index (χ2v) is 6.70. The summed E-state index contributed by atoms with van der Waals surface area (Å²) < 4.78 is 5.30. The monoisotopic (exact) mass is 356 g/mol. The van der Waals surface area contributed by atoms with Crippen LogP contribution in [0.5, 0.6) is 5.75 Å². The smallest absolute Gasteiger partial charge is 0.254 e. The molecule has 4 aromatic rings. The molecule has 4 heteroatoms. The average molecular weight is 356 g/mol. The summed E-state index contributed by atoms with van der Waals surface area (Å²) in [6, 6.07) is 21.8. The van der Waals surface area contributed by atoms with Gasteiger partial charge in [0.2, 0.25) is 0 Å². The van der Waals surface area contributed by atoms with Crippen LogP contribution in [0.2, 0.25) is 0 Å². The van der Waals surface area contributed by atoms with E-state index in [0.717, 1.165) is 38.7 Å².